The lowest BCUT2D eigenvalue weighted by molar-refractivity contribution is -0.139. The van der Waals surface area contributed by atoms with Crippen molar-refractivity contribution >= 4 is 6.08 Å². The van der Waals surface area contributed by atoms with E-state index < -0.39 is 17.4 Å². The fraction of sp³-hybridized carbons (Fsp3) is 0.429. The number of benzene rings is 1. The summed E-state index contributed by atoms with van der Waals surface area (Å²) < 4.78 is 53.2. The van der Waals surface area contributed by atoms with Crippen LogP contribution in [0.15, 0.2) is 12.6 Å². The van der Waals surface area contributed by atoms with E-state index in [1.54, 1.807) is 6.92 Å². The molecule has 1 fully saturated rings. The van der Waals surface area contributed by atoms with Crippen molar-refractivity contribution in [3.63, 3.8) is 0 Å². The highest BCUT2D eigenvalue weighted by Crippen LogP contribution is 2.54. The molecule has 0 aliphatic heterocycles. The third-order valence-electron chi connectivity index (χ3n) is 3.48. The number of hydrogen-bond acceptors (Lipinski definition) is 0. The topological polar surface area (TPSA) is 0 Å². The summed E-state index contributed by atoms with van der Waals surface area (Å²) in [5, 5.41) is 0. The fourth-order valence-electron chi connectivity index (χ4n) is 2.47. The fourth-order valence-corrected chi connectivity index (χ4v) is 2.47. The molecular formula is C14H14F4. The Labute approximate surface area is 103 Å². The van der Waals surface area contributed by atoms with E-state index in [1.165, 1.54) is 13.0 Å². The average Bonchev–Trinajstić information content (AvgIpc) is 2.95. The molecule has 18 heavy (non-hydrogen) atoms. The first-order valence-corrected chi connectivity index (χ1v) is 5.74. The summed E-state index contributed by atoms with van der Waals surface area (Å²) in [6.45, 7) is 6.70. The predicted molar refractivity (Wildman–Crippen MR) is 63.0 cm³/mol. The minimum atomic E-state index is -4.52. The molecule has 0 heterocycles. The van der Waals surface area contributed by atoms with Gasteiger partial charge in [0.25, 0.3) is 0 Å². The van der Waals surface area contributed by atoms with Crippen LogP contribution in [0.1, 0.15) is 40.7 Å². The van der Waals surface area contributed by atoms with Crippen LogP contribution in [0.5, 0.6) is 0 Å². The maximum absolute atomic E-state index is 14.2. The van der Waals surface area contributed by atoms with Crippen LogP contribution >= 0.6 is 0 Å². The predicted octanol–water partition coefficient (Wildman–Crippen LogP) is 4.92. The molecule has 0 nitrogen and oxygen atoms in total. The van der Waals surface area contributed by atoms with E-state index in [1.807, 2.05) is 0 Å². The molecule has 1 saturated carbocycles. The molecule has 2 rings (SSSR count). The third-order valence-corrected chi connectivity index (χ3v) is 3.48. The van der Waals surface area contributed by atoms with Crippen LogP contribution in [0.3, 0.4) is 0 Å². The number of aryl methyl sites for hydroxylation is 1. The molecule has 0 radical (unpaired) electrons. The highest BCUT2D eigenvalue weighted by molar-refractivity contribution is 5.62. The molecule has 0 spiro atoms. The van der Waals surface area contributed by atoms with Crippen LogP contribution in [-0.4, -0.2) is 0 Å². The Morgan fingerprint density at radius 3 is 2.22 bits per heavy atom. The zero-order valence-electron chi connectivity index (χ0n) is 10.3. The van der Waals surface area contributed by atoms with Gasteiger partial charge in [0.2, 0.25) is 0 Å². The van der Waals surface area contributed by atoms with Gasteiger partial charge in [-0.25, -0.2) is 4.39 Å². The minimum Gasteiger partial charge on any atom is -0.239 e. The van der Waals surface area contributed by atoms with Crippen molar-refractivity contribution in [3.8, 4) is 0 Å². The maximum atomic E-state index is 14.2. The van der Waals surface area contributed by atoms with Crippen LogP contribution in [0.25, 0.3) is 6.08 Å². The second-order valence-electron chi connectivity index (χ2n) is 4.82. The Morgan fingerprint density at radius 1 is 1.28 bits per heavy atom. The highest BCUT2D eigenvalue weighted by Gasteiger charge is 2.51. The quantitative estimate of drug-likeness (QED) is 0.660. The molecule has 0 aromatic heterocycles. The van der Waals surface area contributed by atoms with E-state index in [4.69, 9.17) is 0 Å². The van der Waals surface area contributed by atoms with Crippen LogP contribution in [0.2, 0.25) is 0 Å². The van der Waals surface area contributed by atoms with Crippen molar-refractivity contribution in [2.75, 3.05) is 0 Å². The summed E-state index contributed by atoms with van der Waals surface area (Å²) in [5.41, 5.74) is -1.42. The first-order valence-electron chi connectivity index (χ1n) is 5.74. The van der Waals surface area contributed by atoms with E-state index in [-0.39, 0.29) is 18.4 Å². The summed E-state index contributed by atoms with van der Waals surface area (Å²) in [6, 6.07) is 1.03. The second kappa shape index (κ2) is 3.84. The van der Waals surface area contributed by atoms with Gasteiger partial charge in [0.1, 0.15) is 5.67 Å². The lowest BCUT2D eigenvalue weighted by atomic mass is 9.89. The Balaban J connectivity index is 2.78. The van der Waals surface area contributed by atoms with Crippen LogP contribution in [-0.2, 0) is 11.8 Å². The Bertz CT molecular complexity index is 508. The van der Waals surface area contributed by atoms with Gasteiger partial charge in [-0.1, -0.05) is 12.7 Å². The number of rotatable bonds is 2. The summed E-state index contributed by atoms with van der Waals surface area (Å²) in [5.74, 6) is 0. The lowest BCUT2D eigenvalue weighted by Gasteiger charge is -2.21. The minimum absolute atomic E-state index is 0.163. The van der Waals surface area contributed by atoms with Crippen LogP contribution in [0.4, 0.5) is 17.6 Å². The Morgan fingerprint density at radius 2 is 1.83 bits per heavy atom. The molecule has 0 unspecified atom stereocenters. The average molecular weight is 258 g/mol. The van der Waals surface area contributed by atoms with E-state index in [0.29, 0.717) is 16.7 Å². The van der Waals surface area contributed by atoms with E-state index >= 15 is 0 Å². The molecule has 0 atom stereocenters. The van der Waals surface area contributed by atoms with E-state index in [9.17, 15) is 17.6 Å². The van der Waals surface area contributed by atoms with Gasteiger partial charge in [-0.15, -0.1) is 0 Å². The van der Waals surface area contributed by atoms with E-state index in [0.717, 1.165) is 6.07 Å². The zero-order valence-corrected chi connectivity index (χ0v) is 10.3. The summed E-state index contributed by atoms with van der Waals surface area (Å²) in [6.07, 6.45) is -2.71. The van der Waals surface area contributed by atoms with Gasteiger partial charge in [0, 0.05) is 5.56 Å². The molecule has 1 aromatic carbocycles. The molecule has 1 aliphatic carbocycles. The summed E-state index contributed by atoms with van der Waals surface area (Å²) in [4.78, 5) is 0. The Hall–Kier alpha value is -1.32. The van der Waals surface area contributed by atoms with Gasteiger partial charge in [-0.3, -0.25) is 0 Å². The van der Waals surface area contributed by atoms with Crippen molar-refractivity contribution in [1.29, 1.82) is 0 Å². The van der Waals surface area contributed by atoms with Gasteiger partial charge >= 0.3 is 6.18 Å². The van der Waals surface area contributed by atoms with Crippen molar-refractivity contribution in [2.45, 2.75) is 38.5 Å². The number of halogens is 4. The van der Waals surface area contributed by atoms with Crippen LogP contribution in [0, 0.1) is 13.8 Å². The van der Waals surface area contributed by atoms with E-state index in [2.05, 4.69) is 6.58 Å². The van der Waals surface area contributed by atoms with Crippen molar-refractivity contribution < 1.29 is 17.6 Å². The molecule has 0 amide bonds. The molecule has 4 heteroatoms. The smallest absolute Gasteiger partial charge is 0.239 e. The standard InChI is InChI=1S/C14H14F4/c1-4-10-8(2)7-11(14(16,17)18)12(9(10)3)13(15)5-6-13/h4,7H,1,5-6H2,2-3H3. The second-order valence-corrected chi connectivity index (χ2v) is 4.82. The van der Waals surface area contributed by atoms with Gasteiger partial charge < -0.3 is 0 Å². The molecule has 0 saturated heterocycles. The van der Waals surface area contributed by atoms with Crippen molar-refractivity contribution in [1.82, 2.24) is 0 Å². The molecular weight excluding hydrogens is 244 g/mol. The number of alkyl halides is 4. The molecule has 0 bridgehead atoms. The Kier molecular flexibility index (Phi) is 2.80. The van der Waals surface area contributed by atoms with Gasteiger partial charge in [0.15, 0.2) is 0 Å². The third kappa shape index (κ3) is 1.93. The first-order chi connectivity index (χ1) is 8.20. The number of hydrogen-bond donors (Lipinski definition) is 0. The maximum Gasteiger partial charge on any atom is 0.416 e. The van der Waals surface area contributed by atoms with Crippen LogP contribution < -0.4 is 0 Å². The normalized spacial score (nSPS) is 17.7. The monoisotopic (exact) mass is 258 g/mol. The van der Waals surface area contributed by atoms with Crippen molar-refractivity contribution in [3.05, 3.63) is 40.5 Å². The molecule has 98 valence electrons. The zero-order chi connectivity index (χ0) is 13.7. The molecule has 1 aromatic rings. The SMILES string of the molecule is C=Cc1c(C)cc(C(F)(F)F)c(C2(F)CC2)c1C. The largest absolute Gasteiger partial charge is 0.416 e. The summed E-state index contributed by atoms with van der Waals surface area (Å²) >= 11 is 0. The highest BCUT2D eigenvalue weighted by atomic mass is 19.4. The summed E-state index contributed by atoms with van der Waals surface area (Å²) in [7, 11) is 0. The first kappa shape index (κ1) is 13.1. The van der Waals surface area contributed by atoms with Crippen molar-refractivity contribution in [2.24, 2.45) is 0 Å². The van der Waals surface area contributed by atoms with Gasteiger partial charge in [-0.2, -0.15) is 13.2 Å². The molecule has 0 N–H and O–H groups in total. The molecule has 1 aliphatic rings. The van der Waals surface area contributed by atoms with Gasteiger partial charge in [-0.05, 0) is 49.4 Å². The van der Waals surface area contributed by atoms with Gasteiger partial charge in [0.05, 0.1) is 5.56 Å². The lowest BCUT2D eigenvalue weighted by Crippen LogP contribution is -2.16.